The van der Waals surface area contributed by atoms with Gasteiger partial charge < -0.3 is 15.1 Å². The van der Waals surface area contributed by atoms with E-state index >= 15 is 0 Å². The van der Waals surface area contributed by atoms with Gasteiger partial charge in [-0.25, -0.2) is 0 Å². The van der Waals surface area contributed by atoms with Crippen molar-refractivity contribution in [2.75, 3.05) is 6.54 Å². The van der Waals surface area contributed by atoms with Gasteiger partial charge in [0.1, 0.15) is 6.10 Å². The molecule has 2 fully saturated rings. The maximum Gasteiger partial charge on any atom is 0.303 e. The molecule has 1 aliphatic heterocycles. The van der Waals surface area contributed by atoms with Crippen molar-refractivity contribution >= 4 is 11.9 Å². The second kappa shape index (κ2) is 7.78. The molecule has 1 heterocycles. The molecule has 0 aromatic carbocycles. The largest absolute Gasteiger partial charge is 0.481 e. The molecule has 1 amide bonds. The van der Waals surface area contributed by atoms with Crippen molar-refractivity contribution in [1.29, 1.82) is 0 Å². The Bertz CT molecular complexity index is 365. The summed E-state index contributed by atoms with van der Waals surface area (Å²) in [6.45, 7) is 0.660. The molecule has 21 heavy (non-hydrogen) atoms. The number of aliphatic hydroxyl groups is 1. The number of carboxylic acid groups (broad SMARTS) is 1. The average Bonchev–Trinajstić information content (AvgIpc) is 2.52. The van der Waals surface area contributed by atoms with Crippen LogP contribution in [-0.2, 0) is 9.59 Å². The van der Waals surface area contributed by atoms with E-state index in [2.05, 4.69) is 0 Å². The smallest absolute Gasteiger partial charge is 0.303 e. The number of carbonyl (C=O) groups is 2. The standard InChI is InChI=1S/C16H27NO4/c18-14(19)10-9-13-8-4-5-11-17(13)16(21)15(20)12-6-2-1-3-7-12/h12-13,15,20H,1-11H2,(H,18,19). The van der Waals surface area contributed by atoms with Crippen molar-refractivity contribution in [2.45, 2.75) is 76.4 Å². The first-order valence-electron chi connectivity index (χ1n) is 8.30. The van der Waals surface area contributed by atoms with Crippen LogP contribution < -0.4 is 0 Å². The van der Waals surface area contributed by atoms with Crippen LogP contribution >= 0.6 is 0 Å². The van der Waals surface area contributed by atoms with Gasteiger partial charge in [-0.05, 0) is 44.4 Å². The molecule has 5 heteroatoms. The van der Waals surface area contributed by atoms with Gasteiger partial charge in [0.15, 0.2) is 0 Å². The Morgan fingerprint density at radius 3 is 2.38 bits per heavy atom. The van der Waals surface area contributed by atoms with Crippen LogP contribution in [0.2, 0.25) is 0 Å². The SMILES string of the molecule is O=C(O)CCC1CCCCN1C(=O)C(O)C1CCCCC1. The third kappa shape index (κ3) is 4.43. The van der Waals surface area contributed by atoms with Crippen LogP contribution in [0.1, 0.15) is 64.2 Å². The fourth-order valence-corrected chi connectivity index (χ4v) is 3.70. The number of nitrogens with zero attached hydrogens (tertiary/aromatic N) is 1. The molecule has 0 spiro atoms. The lowest BCUT2D eigenvalue weighted by Crippen LogP contribution is -2.50. The number of carboxylic acids is 1. The first kappa shape index (κ1) is 16.3. The van der Waals surface area contributed by atoms with E-state index in [0.717, 1.165) is 44.9 Å². The van der Waals surface area contributed by atoms with Crippen LogP contribution in [0.3, 0.4) is 0 Å². The van der Waals surface area contributed by atoms with Crippen molar-refractivity contribution in [3.63, 3.8) is 0 Å². The molecule has 0 aromatic rings. The van der Waals surface area contributed by atoms with Crippen LogP contribution in [0, 0.1) is 5.92 Å². The van der Waals surface area contributed by atoms with Gasteiger partial charge in [-0.3, -0.25) is 9.59 Å². The van der Waals surface area contributed by atoms with Crippen LogP contribution in [0.15, 0.2) is 0 Å². The molecule has 5 nitrogen and oxygen atoms in total. The van der Waals surface area contributed by atoms with Crippen LogP contribution in [-0.4, -0.2) is 45.7 Å². The lowest BCUT2D eigenvalue weighted by atomic mass is 9.84. The Hall–Kier alpha value is -1.10. The van der Waals surface area contributed by atoms with E-state index in [1.54, 1.807) is 4.90 Å². The normalized spacial score (nSPS) is 25.6. The number of likely N-dealkylation sites (tertiary alicyclic amines) is 1. The van der Waals surface area contributed by atoms with Gasteiger partial charge in [-0.1, -0.05) is 19.3 Å². The highest BCUT2D eigenvalue weighted by atomic mass is 16.4. The highest BCUT2D eigenvalue weighted by Gasteiger charge is 2.35. The number of hydrogen-bond donors (Lipinski definition) is 2. The van der Waals surface area contributed by atoms with Crippen molar-refractivity contribution in [3.8, 4) is 0 Å². The van der Waals surface area contributed by atoms with Gasteiger partial charge in [-0.2, -0.15) is 0 Å². The predicted octanol–water partition coefficient (Wildman–Crippen LogP) is 2.17. The van der Waals surface area contributed by atoms with Gasteiger partial charge >= 0.3 is 5.97 Å². The Morgan fingerprint density at radius 2 is 1.71 bits per heavy atom. The number of aliphatic carboxylic acids is 1. The van der Waals surface area contributed by atoms with Crippen LogP contribution in [0.25, 0.3) is 0 Å². The average molecular weight is 297 g/mol. The first-order chi connectivity index (χ1) is 10.1. The van der Waals surface area contributed by atoms with Crippen molar-refractivity contribution in [2.24, 2.45) is 5.92 Å². The molecule has 1 aliphatic carbocycles. The Morgan fingerprint density at radius 1 is 1.05 bits per heavy atom. The number of carbonyl (C=O) groups excluding carboxylic acids is 1. The number of aliphatic hydroxyl groups excluding tert-OH is 1. The zero-order valence-electron chi connectivity index (χ0n) is 12.7. The van der Waals surface area contributed by atoms with Crippen LogP contribution in [0.5, 0.6) is 0 Å². The van der Waals surface area contributed by atoms with E-state index in [4.69, 9.17) is 5.11 Å². The summed E-state index contributed by atoms with van der Waals surface area (Å²) in [5, 5.41) is 19.2. The quantitative estimate of drug-likeness (QED) is 0.815. The van der Waals surface area contributed by atoms with Crippen molar-refractivity contribution in [1.82, 2.24) is 4.90 Å². The molecule has 2 unspecified atom stereocenters. The van der Waals surface area contributed by atoms with Gasteiger partial charge in [0.25, 0.3) is 5.91 Å². The van der Waals surface area contributed by atoms with Gasteiger partial charge in [-0.15, -0.1) is 0 Å². The van der Waals surface area contributed by atoms with E-state index < -0.39 is 12.1 Å². The highest BCUT2D eigenvalue weighted by molar-refractivity contribution is 5.81. The molecule has 1 saturated carbocycles. The van der Waals surface area contributed by atoms with E-state index in [0.29, 0.717) is 13.0 Å². The Labute approximate surface area is 126 Å². The van der Waals surface area contributed by atoms with Crippen molar-refractivity contribution in [3.05, 3.63) is 0 Å². The summed E-state index contributed by atoms with van der Waals surface area (Å²) in [5.74, 6) is -0.897. The van der Waals surface area contributed by atoms with E-state index in [9.17, 15) is 14.7 Å². The van der Waals surface area contributed by atoms with E-state index in [-0.39, 0.29) is 24.3 Å². The number of amides is 1. The van der Waals surface area contributed by atoms with Crippen LogP contribution in [0.4, 0.5) is 0 Å². The maximum atomic E-state index is 12.6. The molecule has 0 radical (unpaired) electrons. The molecule has 2 aliphatic rings. The minimum Gasteiger partial charge on any atom is -0.481 e. The summed E-state index contributed by atoms with van der Waals surface area (Å²) < 4.78 is 0. The first-order valence-corrected chi connectivity index (χ1v) is 8.30. The number of piperidine rings is 1. The predicted molar refractivity (Wildman–Crippen MR) is 78.8 cm³/mol. The Kier molecular flexibility index (Phi) is 6.03. The molecule has 2 N–H and O–H groups in total. The fraction of sp³-hybridized carbons (Fsp3) is 0.875. The van der Waals surface area contributed by atoms with E-state index in [1.165, 1.54) is 6.42 Å². The zero-order valence-corrected chi connectivity index (χ0v) is 12.7. The summed E-state index contributed by atoms with van der Waals surface area (Å²) in [4.78, 5) is 25.1. The second-order valence-electron chi connectivity index (χ2n) is 6.46. The van der Waals surface area contributed by atoms with Gasteiger partial charge in [0.05, 0.1) is 0 Å². The minimum absolute atomic E-state index is 0.0133. The molecule has 1 saturated heterocycles. The number of rotatable bonds is 5. The topological polar surface area (TPSA) is 77.8 Å². The van der Waals surface area contributed by atoms with Gasteiger partial charge in [0.2, 0.25) is 0 Å². The van der Waals surface area contributed by atoms with Crippen molar-refractivity contribution < 1.29 is 19.8 Å². The molecular weight excluding hydrogens is 270 g/mol. The molecule has 2 atom stereocenters. The molecule has 0 bridgehead atoms. The summed E-state index contributed by atoms with van der Waals surface area (Å²) in [7, 11) is 0. The third-order valence-electron chi connectivity index (χ3n) is 4.95. The summed E-state index contributed by atoms with van der Waals surface area (Å²) in [6, 6.07) is -0.0133. The lowest BCUT2D eigenvalue weighted by Gasteiger charge is -2.38. The molecule has 0 aromatic heterocycles. The molecule has 2 rings (SSSR count). The minimum atomic E-state index is -0.893. The third-order valence-corrected chi connectivity index (χ3v) is 4.95. The number of hydrogen-bond acceptors (Lipinski definition) is 3. The summed E-state index contributed by atoms with van der Waals surface area (Å²) >= 11 is 0. The monoisotopic (exact) mass is 297 g/mol. The summed E-state index contributed by atoms with van der Waals surface area (Å²) in [5.41, 5.74) is 0. The van der Waals surface area contributed by atoms with E-state index in [1.807, 2.05) is 0 Å². The van der Waals surface area contributed by atoms with Gasteiger partial charge in [0, 0.05) is 19.0 Å². The zero-order chi connectivity index (χ0) is 15.2. The highest BCUT2D eigenvalue weighted by Crippen LogP contribution is 2.29. The second-order valence-corrected chi connectivity index (χ2v) is 6.46. The molecule has 120 valence electrons. The fourth-order valence-electron chi connectivity index (χ4n) is 3.70. The Balaban J connectivity index is 1.94. The lowest BCUT2D eigenvalue weighted by molar-refractivity contribution is -0.149. The summed E-state index contributed by atoms with van der Waals surface area (Å²) in [6.07, 6.45) is 7.79. The maximum absolute atomic E-state index is 12.6. The molecular formula is C16H27NO4.